The smallest absolute Gasteiger partial charge is 0.0599 e. The Bertz CT molecular complexity index is 421. The minimum absolute atomic E-state index is 0.166. The number of rotatable bonds is 16. The zero-order valence-electron chi connectivity index (χ0n) is 17.9. The van der Waals surface area contributed by atoms with Crippen LogP contribution in [-0.2, 0) is 0 Å². The van der Waals surface area contributed by atoms with Gasteiger partial charge in [-0.3, -0.25) is 0 Å². The Morgan fingerprint density at radius 3 is 2.18 bits per heavy atom. The summed E-state index contributed by atoms with van der Waals surface area (Å²) in [5.74, 6) is 0.386. The van der Waals surface area contributed by atoms with Crippen molar-refractivity contribution >= 4 is 0 Å². The first kappa shape index (κ1) is 25.4. The van der Waals surface area contributed by atoms with Crippen molar-refractivity contribution < 1.29 is 20.4 Å². The average molecular weight is 397 g/mol. The number of aliphatic hydroxyl groups is 4. The van der Waals surface area contributed by atoms with Crippen molar-refractivity contribution in [3.63, 3.8) is 0 Å². The SMILES string of the molecule is CCC(O)CC/C=C/CCCCCC1C(C/C=C\CCCCO)[C@H](O)C[C@@H]1O. The first-order chi connectivity index (χ1) is 13.6. The Balaban J connectivity index is 2.19. The molecule has 0 aromatic carbocycles. The molecule has 0 aliphatic heterocycles. The monoisotopic (exact) mass is 396 g/mol. The van der Waals surface area contributed by atoms with Crippen LogP contribution in [0.2, 0.25) is 0 Å². The summed E-state index contributed by atoms with van der Waals surface area (Å²) in [7, 11) is 0. The Hall–Kier alpha value is -0.680. The molecule has 0 aromatic heterocycles. The standard InChI is InChI=1S/C24H44O4/c1-2-20(26)15-11-7-4-3-5-8-12-16-21-22(24(28)19-23(21)27)17-13-9-6-10-14-18-25/h4,7,9,13,20-28H,2-3,5-6,8,10-12,14-19H2,1H3/b7-4+,13-9-/t20?,21?,22?,23-,24+/m0/s1. The molecule has 4 nitrogen and oxygen atoms in total. The molecular weight excluding hydrogens is 352 g/mol. The van der Waals surface area contributed by atoms with E-state index in [-0.39, 0.29) is 36.8 Å². The summed E-state index contributed by atoms with van der Waals surface area (Å²) in [5.41, 5.74) is 0. The van der Waals surface area contributed by atoms with Crippen molar-refractivity contribution in [1.82, 2.24) is 0 Å². The van der Waals surface area contributed by atoms with Crippen LogP contribution in [0.5, 0.6) is 0 Å². The summed E-state index contributed by atoms with van der Waals surface area (Å²) in [6, 6.07) is 0. The van der Waals surface area contributed by atoms with Gasteiger partial charge in [0.05, 0.1) is 18.3 Å². The fraction of sp³-hybridized carbons (Fsp3) is 0.833. The van der Waals surface area contributed by atoms with Gasteiger partial charge in [-0.15, -0.1) is 0 Å². The summed E-state index contributed by atoms with van der Waals surface area (Å²) in [5, 5.41) is 38.9. The lowest BCUT2D eigenvalue weighted by molar-refractivity contribution is 0.108. The van der Waals surface area contributed by atoms with Crippen LogP contribution in [0, 0.1) is 11.8 Å². The minimum Gasteiger partial charge on any atom is -0.396 e. The van der Waals surface area contributed by atoms with Gasteiger partial charge in [0.25, 0.3) is 0 Å². The maximum absolute atomic E-state index is 10.3. The maximum Gasteiger partial charge on any atom is 0.0599 e. The molecule has 1 aliphatic carbocycles. The van der Waals surface area contributed by atoms with Crippen LogP contribution < -0.4 is 0 Å². The average Bonchev–Trinajstić information content (AvgIpc) is 2.95. The second kappa shape index (κ2) is 16.2. The highest BCUT2D eigenvalue weighted by atomic mass is 16.3. The quantitative estimate of drug-likeness (QED) is 0.229. The normalized spacial score (nSPS) is 26.6. The molecule has 1 saturated carbocycles. The molecule has 3 unspecified atom stereocenters. The molecule has 164 valence electrons. The van der Waals surface area contributed by atoms with Gasteiger partial charge in [-0.1, -0.05) is 44.1 Å². The van der Waals surface area contributed by atoms with Crippen LogP contribution >= 0.6 is 0 Å². The largest absolute Gasteiger partial charge is 0.396 e. The lowest BCUT2D eigenvalue weighted by Crippen LogP contribution is -2.21. The molecule has 0 amide bonds. The highest BCUT2D eigenvalue weighted by Gasteiger charge is 2.40. The van der Waals surface area contributed by atoms with Gasteiger partial charge in [-0.2, -0.15) is 0 Å². The highest BCUT2D eigenvalue weighted by molar-refractivity contribution is 4.96. The zero-order valence-corrected chi connectivity index (χ0v) is 17.9. The van der Waals surface area contributed by atoms with E-state index in [1.54, 1.807) is 0 Å². The van der Waals surface area contributed by atoms with Crippen molar-refractivity contribution in [3.8, 4) is 0 Å². The van der Waals surface area contributed by atoms with Crippen molar-refractivity contribution in [2.75, 3.05) is 6.61 Å². The molecule has 4 heteroatoms. The molecule has 1 rings (SSSR count). The third-order valence-electron chi connectivity index (χ3n) is 6.09. The van der Waals surface area contributed by atoms with Crippen molar-refractivity contribution in [1.29, 1.82) is 0 Å². The van der Waals surface area contributed by atoms with Crippen LogP contribution in [0.25, 0.3) is 0 Å². The highest BCUT2D eigenvalue weighted by Crippen LogP contribution is 2.38. The summed E-state index contributed by atoms with van der Waals surface area (Å²) in [6.45, 7) is 2.26. The van der Waals surface area contributed by atoms with Gasteiger partial charge < -0.3 is 20.4 Å². The van der Waals surface area contributed by atoms with E-state index in [4.69, 9.17) is 5.11 Å². The second-order valence-electron chi connectivity index (χ2n) is 8.37. The molecule has 0 heterocycles. The van der Waals surface area contributed by atoms with Crippen LogP contribution in [0.4, 0.5) is 0 Å². The van der Waals surface area contributed by atoms with E-state index in [1.807, 2.05) is 6.92 Å². The number of allylic oxidation sites excluding steroid dienone is 4. The lowest BCUT2D eigenvalue weighted by Gasteiger charge is -2.22. The van der Waals surface area contributed by atoms with Crippen molar-refractivity contribution in [2.24, 2.45) is 11.8 Å². The van der Waals surface area contributed by atoms with E-state index in [1.165, 1.54) is 0 Å². The molecule has 0 bridgehead atoms. The molecule has 0 saturated heterocycles. The van der Waals surface area contributed by atoms with Crippen molar-refractivity contribution in [2.45, 2.75) is 109 Å². The van der Waals surface area contributed by atoms with E-state index in [9.17, 15) is 15.3 Å². The fourth-order valence-corrected chi connectivity index (χ4v) is 4.20. The van der Waals surface area contributed by atoms with E-state index in [0.29, 0.717) is 6.42 Å². The molecule has 4 N–H and O–H groups in total. The maximum atomic E-state index is 10.3. The summed E-state index contributed by atoms with van der Waals surface area (Å²) in [6.07, 6.45) is 20.1. The molecule has 5 atom stereocenters. The Kier molecular flexibility index (Phi) is 14.6. The van der Waals surface area contributed by atoms with Gasteiger partial charge >= 0.3 is 0 Å². The van der Waals surface area contributed by atoms with E-state index < -0.39 is 0 Å². The summed E-state index contributed by atoms with van der Waals surface area (Å²) in [4.78, 5) is 0. The third kappa shape index (κ3) is 10.8. The van der Waals surface area contributed by atoms with Crippen LogP contribution in [0.3, 0.4) is 0 Å². The van der Waals surface area contributed by atoms with E-state index in [0.717, 1.165) is 77.0 Å². The Morgan fingerprint density at radius 2 is 1.46 bits per heavy atom. The summed E-state index contributed by atoms with van der Waals surface area (Å²) >= 11 is 0. The Labute approximate surface area is 172 Å². The number of hydrogen-bond donors (Lipinski definition) is 4. The van der Waals surface area contributed by atoms with Gasteiger partial charge in [0.2, 0.25) is 0 Å². The van der Waals surface area contributed by atoms with Crippen molar-refractivity contribution in [3.05, 3.63) is 24.3 Å². The molecule has 0 spiro atoms. The number of hydrogen-bond acceptors (Lipinski definition) is 4. The number of unbranched alkanes of at least 4 members (excludes halogenated alkanes) is 5. The predicted molar refractivity (Wildman–Crippen MR) is 116 cm³/mol. The second-order valence-corrected chi connectivity index (χ2v) is 8.37. The number of aliphatic hydroxyl groups excluding tert-OH is 4. The van der Waals surface area contributed by atoms with Crippen LogP contribution in [0.15, 0.2) is 24.3 Å². The van der Waals surface area contributed by atoms with E-state index >= 15 is 0 Å². The molecular formula is C24H44O4. The van der Waals surface area contributed by atoms with Gasteiger partial charge in [-0.05, 0) is 82.5 Å². The predicted octanol–water partition coefficient (Wildman–Crippen LogP) is 4.51. The van der Waals surface area contributed by atoms with Crippen LogP contribution in [-0.4, -0.2) is 45.3 Å². The zero-order chi connectivity index (χ0) is 20.6. The van der Waals surface area contributed by atoms with E-state index in [2.05, 4.69) is 24.3 Å². The summed E-state index contributed by atoms with van der Waals surface area (Å²) < 4.78 is 0. The molecule has 0 radical (unpaired) electrons. The van der Waals surface area contributed by atoms with Gasteiger partial charge in [-0.25, -0.2) is 0 Å². The van der Waals surface area contributed by atoms with Gasteiger partial charge in [0, 0.05) is 6.61 Å². The molecule has 1 fully saturated rings. The third-order valence-corrected chi connectivity index (χ3v) is 6.09. The first-order valence-electron chi connectivity index (χ1n) is 11.5. The Morgan fingerprint density at radius 1 is 0.821 bits per heavy atom. The lowest BCUT2D eigenvalue weighted by atomic mass is 9.86. The fourth-order valence-electron chi connectivity index (χ4n) is 4.20. The van der Waals surface area contributed by atoms with Gasteiger partial charge in [0.1, 0.15) is 0 Å². The van der Waals surface area contributed by atoms with Gasteiger partial charge in [0.15, 0.2) is 0 Å². The molecule has 0 aromatic rings. The molecule has 28 heavy (non-hydrogen) atoms. The minimum atomic E-state index is -0.386. The molecule has 1 aliphatic rings. The topological polar surface area (TPSA) is 80.9 Å². The van der Waals surface area contributed by atoms with Crippen LogP contribution in [0.1, 0.15) is 90.4 Å². The first-order valence-corrected chi connectivity index (χ1v) is 11.5.